The number of nitro benzene ring substituents is 1. The molecule has 1 fully saturated rings. The molecule has 1 N–H and O–H groups in total. The number of nitrogens with zero attached hydrogens (tertiary/aromatic N) is 3. The Morgan fingerprint density at radius 3 is 2.63 bits per heavy atom. The smallest absolute Gasteiger partial charge is 0.293 e. The average Bonchev–Trinajstić information content (AvgIpc) is 2.62. The minimum absolute atomic E-state index is 0.0479. The normalized spacial score (nSPS) is 18.6. The van der Waals surface area contributed by atoms with Crippen LogP contribution in [0.1, 0.15) is 33.6 Å². The predicted molar refractivity (Wildman–Crippen MR) is 107 cm³/mol. The zero-order valence-corrected chi connectivity index (χ0v) is 17.2. The molecule has 8 nitrogen and oxygen atoms in total. The molecular formula is C18H30N4O4S. The van der Waals surface area contributed by atoms with Crippen LogP contribution in [0.5, 0.6) is 0 Å². The van der Waals surface area contributed by atoms with E-state index in [1.54, 1.807) is 13.8 Å². The van der Waals surface area contributed by atoms with Gasteiger partial charge >= 0.3 is 0 Å². The maximum atomic E-state index is 12.6. The lowest BCUT2D eigenvalue weighted by Gasteiger charge is -2.30. The summed E-state index contributed by atoms with van der Waals surface area (Å²) >= 11 is 0. The molecule has 0 aromatic heterocycles. The van der Waals surface area contributed by atoms with Gasteiger partial charge in [0.25, 0.3) is 5.69 Å². The molecular weight excluding hydrogens is 368 g/mol. The number of rotatable bonds is 9. The van der Waals surface area contributed by atoms with Crippen LogP contribution >= 0.6 is 0 Å². The Morgan fingerprint density at radius 1 is 1.33 bits per heavy atom. The van der Waals surface area contributed by atoms with Crippen molar-refractivity contribution >= 4 is 21.4 Å². The van der Waals surface area contributed by atoms with Crippen LogP contribution in [0.3, 0.4) is 0 Å². The van der Waals surface area contributed by atoms with E-state index in [-0.39, 0.29) is 10.6 Å². The van der Waals surface area contributed by atoms with E-state index in [1.807, 2.05) is 0 Å². The summed E-state index contributed by atoms with van der Waals surface area (Å²) in [6, 6.07) is 4.08. The molecule has 0 bridgehead atoms. The van der Waals surface area contributed by atoms with Crippen molar-refractivity contribution < 1.29 is 13.3 Å². The number of anilines is 1. The fourth-order valence-corrected chi connectivity index (χ4v) is 5.00. The van der Waals surface area contributed by atoms with Crippen LogP contribution < -0.4 is 5.32 Å². The molecule has 0 amide bonds. The van der Waals surface area contributed by atoms with Crippen LogP contribution in [-0.2, 0) is 10.0 Å². The molecule has 1 aliphatic rings. The van der Waals surface area contributed by atoms with Crippen LogP contribution in [-0.4, -0.2) is 61.8 Å². The van der Waals surface area contributed by atoms with Crippen molar-refractivity contribution in [2.45, 2.75) is 38.5 Å². The molecule has 0 spiro atoms. The van der Waals surface area contributed by atoms with Crippen molar-refractivity contribution in [2.75, 3.05) is 44.6 Å². The van der Waals surface area contributed by atoms with Crippen molar-refractivity contribution in [3.05, 3.63) is 28.3 Å². The number of hydrogen-bond acceptors (Lipinski definition) is 6. The molecule has 1 saturated heterocycles. The molecule has 152 valence electrons. The highest BCUT2D eigenvalue weighted by atomic mass is 32.2. The van der Waals surface area contributed by atoms with Gasteiger partial charge in [-0.1, -0.05) is 20.8 Å². The fourth-order valence-electron chi connectivity index (χ4n) is 3.52. The molecule has 2 rings (SSSR count). The van der Waals surface area contributed by atoms with Crippen molar-refractivity contribution in [3.8, 4) is 0 Å². The summed E-state index contributed by atoms with van der Waals surface area (Å²) < 4.78 is 26.5. The van der Waals surface area contributed by atoms with E-state index < -0.39 is 14.9 Å². The van der Waals surface area contributed by atoms with E-state index in [2.05, 4.69) is 17.1 Å². The largest absolute Gasteiger partial charge is 0.378 e. The van der Waals surface area contributed by atoms with Gasteiger partial charge in [-0.3, -0.25) is 10.1 Å². The maximum Gasteiger partial charge on any atom is 0.293 e. The Morgan fingerprint density at radius 2 is 2.04 bits per heavy atom. The number of hydrogen-bond donors (Lipinski definition) is 1. The van der Waals surface area contributed by atoms with Crippen LogP contribution in [0.15, 0.2) is 23.1 Å². The molecule has 1 aromatic carbocycles. The molecule has 1 unspecified atom stereocenters. The molecule has 1 heterocycles. The zero-order chi connectivity index (χ0) is 20.0. The average molecular weight is 399 g/mol. The molecule has 27 heavy (non-hydrogen) atoms. The summed E-state index contributed by atoms with van der Waals surface area (Å²) in [5.74, 6) is 0.678. The van der Waals surface area contributed by atoms with Gasteiger partial charge in [-0.25, -0.2) is 8.42 Å². The van der Waals surface area contributed by atoms with Gasteiger partial charge in [-0.15, -0.1) is 0 Å². The van der Waals surface area contributed by atoms with Crippen LogP contribution in [0.25, 0.3) is 0 Å². The van der Waals surface area contributed by atoms with Crippen molar-refractivity contribution in [1.29, 1.82) is 0 Å². The molecule has 0 saturated carbocycles. The summed E-state index contributed by atoms with van der Waals surface area (Å²) in [5, 5.41) is 14.6. The first-order chi connectivity index (χ1) is 12.8. The van der Waals surface area contributed by atoms with Gasteiger partial charge in [-0.2, -0.15) is 4.31 Å². The van der Waals surface area contributed by atoms with Gasteiger partial charge in [0.05, 0.1) is 9.82 Å². The summed E-state index contributed by atoms with van der Waals surface area (Å²) in [6.07, 6.45) is 2.43. The molecule has 9 heteroatoms. The van der Waals surface area contributed by atoms with Crippen molar-refractivity contribution in [3.63, 3.8) is 0 Å². The second-order valence-electron chi connectivity index (χ2n) is 7.00. The van der Waals surface area contributed by atoms with E-state index in [9.17, 15) is 18.5 Å². The van der Waals surface area contributed by atoms with Gasteiger partial charge in [0.1, 0.15) is 5.69 Å². The second-order valence-corrected chi connectivity index (χ2v) is 8.94. The Balaban J connectivity index is 2.12. The lowest BCUT2D eigenvalue weighted by Crippen LogP contribution is -2.37. The number of likely N-dealkylation sites (tertiary alicyclic amines) is 1. The summed E-state index contributed by atoms with van der Waals surface area (Å²) in [6.45, 7) is 9.84. The second kappa shape index (κ2) is 9.48. The molecule has 0 radical (unpaired) electrons. The minimum atomic E-state index is -3.72. The quantitative estimate of drug-likeness (QED) is 0.508. The lowest BCUT2D eigenvalue weighted by molar-refractivity contribution is -0.384. The van der Waals surface area contributed by atoms with Crippen LogP contribution in [0.2, 0.25) is 0 Å². The summed E-state index contributed by atoms with van der Waals surface area (Å²) in [4.78, 5) is 13.2. The number of benzene rings is 1. The Bertz CT molecular complexity index is 750. The highest BCUT2D eigenvalue weighted by Crippen LogP contribution is 2.29. The third kappa shape index (κ3) is 5.40. The van der Waals surface area contributed by atoms with E-state index in [1.165, 1.54) is 29.3 Å². The van der Waals surface area contributed by atoms with Gasteiger partial charge in [-0.05, 0) is 37.4 Å². The van der Waals surface area contributed by atoms with Gasteiger partial charge in [0.2, 0.25) is 10.0 Å². The predicted octanol–water partition coefficient (Wildman–Crippen LogP) is 2.77. The van der Waals surface area contributed by atoms with Gasteiger partial charge in [0.15, 0.2) is 0 Å². The molecule has 1 atom stereocenters. The Labute approximate surface area is 161 Å². The maximum absolute atomic E-state index is 12.6. The fraction of sp³-hybridized carbons (Fsp3) is 0.667. The standard InChI is InChI=1S/C18H30N4O4S/c1-4-21(5-2)27(25,26)16-8-9-17(18(13-16)22(23)24)19-10-12-20-11-6-7-15(3)14-20/h8-9,13,15,19H,4-7,10-12,14H2,1-3H3. The topological polar surface area (TPSA) is 95.8 Å². The SMILES string of the molecule is CCN(CC)S(=O)(=O)c1ccc(NCCN2CCCC(C)C2)c([N+](=O)[O-])c1. The van der Waals surface area contributed by atoms with Crippen molar-refractivity contribution in [2.24, 2.45) is 5.92 Å². The number of nitrogens with one attached hydrogen (secondary N) is 1. The first kappa shape index (κ1) is 21.6. The van der Waals surface area contributed by atoms with Gasteiger partial charge in [0, 0.05) is 38.8 Å². The molecule has 0 aliphatic carbocycles. The van der Waals surface area contributed by atoms with E-state index in [0.717, 1.165) is 25.7 Å². The number of piperidine rings is 1. The highest BCUT2D eigenvalue weighted by Gasteiger charge is 2.25. The minimum Gasteiger partial charge on any atom is -0.378 e. The highest BCUT2D eigenvalue weighted by molar-refractivity contribution is 7.89. The van der Waals surface area contributed by atoms with E-state index in [4.69, 9.17) is 0 Å². The summed E-state index contributed by atoms with van der Waals surface area (Å²) in [7, 11) is -3.72. The number of sulfonamides is 1. The third-order valence-corrected chi connectivity index (χ3v) is 7.04. The molecule has 1 aromatic rings. The third-order valence-electron chi connectivity index (χ3n) is 4.99. The summed E-state index contributed by atoms with van der Waals surface area (Å²) in [5.41, 5.74) is 0.138. The van der Waals surface area contributed by atoms with E-state index >= 15 is 0 Å². The zero-order valence-electron chi connectivity index (χ0n) is 16.3. The van der Waals surface area contributed by atoms with Crippen LogP contribution in [0, 0.1) is 16.0 Å². The Hall–Kier alpha value is -1.71. The molecule has 1 aliphatic heterocycles. The van der Waals surface area contributed by atoms with Crippen LogP contribution in [0.4, 0.5) is 11.4 Å². The monoisotopic (exact) mass is 398 g/mol. The van der Waals surface area contributed by atoms with Crippen molar-refractivity contribution in [1.82, 2.24) is 9.21 Å². The lowest BCUT2D eigenvalue weighted by atomic mass is 10.0. The van der Waals surface area contributed by atoms with Gasteiger partial charge < -0.3 is 10.2 Å². The first-order valence-electron chi connectivity index (χ1n) is 9.54. The van der Waals surface area contributed by atoms with E-state index in [0.29, 0.717) is 31.2 Å². The first-order valence-corrected chi connectivity index (χ1v) is 11.0. The number of nitro groups is 1. The Kier molecular flexibility index (Phi) is 7.58.